The van der Waals surface area contributed by atoms with Crippen molar-refractivity contribution in [1.82, 2.24) is 4.90 Å². The first-order chi connectivity index (χ1) is 14.8. The van der Waals surface area contributed by atoms with Crippen LogP contribution in [-0.4, -0.2) is 56.8 Å². The Morgan fingerprint density at radius 2 is 1.87 bits per heavy atom. The van der Waals surface area contributed by atoms with Gasteiger partial charge < -0.3 is 14.5 Å². The zero-order valence-electron chi connectivity index (χ0n) is 18.0. The molecule has 0 N–H and O–H groups in total. The van der Waals surface area contributed by atoms with Crippen LogP contribution < -0.4 is 4.90 Å². The summed E-state index contributed by atoms with van der Waals surface area (Å²) in [6.45, 7) is 5.74. The molecule has 3 aliphatic rings. The highest BCUT2D eigenvalue weighted by molar-refractivity contribution is 7.90. The van der Waals surface area contributed by atoms with E-state index in [4.69, 9.17) is 4.74 Å². The van der Waals surface area contributed by atoms with E-state index in [1.165, 1.54) is 6.07 Å². The number of rotatable bonds is 3. The van der Waals surface area contributed by atoms with Crippen LogP contribution in [0.5, 0.6) is 0 Å². The standard InChI is InChI=1S/C22H29N3O5S/c1-15-9-12-24(13-10-15)21(26)16(2)30-22(27)17-7-8-18-19(14-17)31(28,29)23-20-6-4-3-5-11-25(18)20/h7-8,14-16H,3-6,9-13H2,1-2H3/t16-/m1/s1. The molecule has 2 saturated heterocycles. The molecule has 2 fully saturated rings. The number of amides is 1. The summed E-state index contributed by atoms with van der Waals surface area (Å²) in [6.07, 6.45) is 4.46. The molecule has 0 unspecified atom stereocenters. The minimum atomic E-state index is -3.89. The molecule has 0 aromatic heterocycles. The molecule has 0 bridgehead atoms. The number of esters is 1. The lowest BCUT2D eigenvalue weighted by Gasteiger charge is -2.32. The molecule has 0 radical (unpaired) electrons. The number of amidine groups is 1. The van der Waals surface area contributed by atoms with Gasteiger partial charge in [0.1, 0.15) is 10.7 Å². The average Bonchev–Trinajstić information content (AvgIpc) is 2.98. The van der Waals surface area contributed by atoms with Crippen LogP contribution in [0, 0.1) is 5.92 Å². The van der Waals surface area contributed by atoms with E-state index in [9.17, 15) is 18.0 Å². The van der Waals surface area contributed by atoms with Gasteiger partial charge in [0, 0.05) is 26.1 Å². The summed E-state index contributed by atoms with van der Waals surface area (Å²) in [5.41, 5.74) is 0.651. The van der Waals surface area contributed by atoms with Gasteiger partial charge in [0.15, 0.2) is 6.10 Å². The number of benzene rings is 1. The molecule has 1 aromatic carbocycles. The number of hydrogen-bond donors (Lipinski definition) is 0. The number of nitrogens with zero attached hydrogens (tertiary/aromatic N) is 3. The van der Waals surface area contributed by atoms with Gasteiger partial charge in [-0.25, -0.2) is 4.79 Å². The third-order valence-corrected chi connectivity index (χ3v) is 7.64. The zero-order valence-corrected chi connectivity index (χ0v) is 18.9. The van der Waals surface area contributed by atoms with Gasteiger partial charge in [0.05, 0.1) is 11.3 Å². The molecule has 1 atom stereocenters. The molecule has 0 saturated carbocycles. The Labute approximate surface area is 183 Å². The molecule has 0 aliphatic carbocycles. The summed E-state index contributed by atoms with van der Waals surface area (Å²) in [7, 11) is -3.89. The SMILES string of the molecule is CC1CCN(C(=O)[C@@H](C)OC(=O)c2ccc3c(c2)S(=O)(=O)N=C2CCCCCN23)CC1. The molecule has 1 amide bonds. The molecule has 9 heteroatoms. The molecule has 1 aromatic rings. The van der Waals surface area contributed by atoms with E-state index in [2.05, 4.69) is 11.3 Å². The molecular weight excluding hydrogens is 418 g/mol. The van der Waals surface area contributed by atoms with Crippen molar-refractivity contribution in [3.05, 3.63) is 23.8 Å². The van der Waals surface area contributed by atoms with Gasteiger partial charge in [-0.15, -0.1) is 4.40 Å². The first-order valence-corrected chi connectivity index (χ1v) is 12.5. The van der Waals surface area contributed by atoms with Gasteiger partial charge in [-0.1, -0.05) is 13.3 Å². The quantitative estimate of drug-likeness (QED) is 0.661. The Morgan fingerprint density at radius 3 is 2.61 bits per heavy atom. The zero-order chi connectivity index (χ0) is 22.2. The fourth-order valence-corrected chi connectivity index (χ4v) is 5.66. The molecule has 3 aliphatic heterocycles. The van der Waals surface area contributed by atoms with Gasteiger partial charge in [0.25, 0.3) is 15.9 Å². The second kappa shape index (κ2) is 8.61. The Bertz CT molecular complexity index is 1010. The highest BCUT2D eigenvalue weighted by atomic mass is 32.2. The summed E-state index contributed by atoms with van der Waals surface area (Å²) in [5, 5.41) is 0. The maximum absolute atomic E-state index is 12.8. The Kier molecular flexibility index (Phi) is 6.05. The van der Waals surface area contributed by atoms with Crippen LogP contribution in [0.1, 0.15) is 62.7 Å². The summed E-state index contributed by atoms with van der Waals surface area (Å²) in [5.74, 6) is 0.224. The van der Waals surface area contributed by atoms with Gasteiger partial charge in [-0.3, -0.25) is 4.79 Å². The second-order valence-corrected chi connectivity index (χ2v) is 10.3. The van der Waals surface area contributed by atoms with Gasteiger partial charge in [-0.05, 0) is 56.7 Å². The number of carbonyl (C=O) groups excluding carboxylic acids is 2. The van der Waals surface area contributed by atoms with E-state index in [1.54, 1.807) is 24.0 Å². The Morgan fingerprint density at radius 1 is 1.13 bits per heavy atom. The minimum Gasteiger partial charge on any atom is -0.449 e. The number of carbonyl (C=O) groups is 2. The molecule has 31 heavy (non-hydrogen) atoms. The maximum atomic E-state index is 12.8. The van der Waals surface area contributed by atoms with E-state index in [1.807, 2.05) is 4.90 Å². The number of fused-ring (bicyclic) bond motifs is 3. The lowest BCUT2D eigenvalue weighted by Crippen LogP contribution is -2.44. The lowest BCUT2D eigenvalue weighted by atomic mass is 9.99. The predicted molar refractivity (Wildman–Crippen MR) is 117 cm³/mol. The van der Waals surface area contributed by atoms with Crippen molar-refractivity contribution >= 4 is 33.4 Å². The second-order valence-electron chi connectivity index (χ2n) is 8.68. The summed E-state index contributed by atoms with van der Waals surface area (Å²) >= 11 is 0. The molecule has 0 spiro atoms. The van der Waals surface area contributed by atoms with Crippen molar-refractivity contribution in [2.75, 3.05) is 24.5 Å². The van der Waals surface area contributed by atoms with Crippen molar-refractivity contribution in [3.63, 3.8) is 0 Å². The van der Waals surface area contributed by atoms with Crippen LogP contribution in [-0.2, 0) is 19.6 Å². The smallest absolute Gasteiger partial charge is 0.338 e. The van der Waals surface area contributed by atoms with E-state index in [-0.39, 0.29) is 16.4 Å². The third kappa shape index (κ3) is 4.46. The first-order valence-electron chi connectivity index (χ1n) is 11.0. The maximum Gasteiger partial charge on any atom is 0.338 e. The molecular formula is C22H29N3O5S. The van der Waals surface area contributed by atoms with Gasteiger partial charge >= 0.3 is 5.97 Å². The fourth-order valence-electron chi connectivity index (χ4n) is 4.37. The van der Waals surface area contributed by atoms with Crippen LogP contribution in [0.25, 0.3) is 0 Å². The normalized spacial score (nSPS) is 21.9. The van der Waals surface area contributed by atoms with E-state index < -0.39 is 22.1 Å². The monoisotopic (exact) mass is 447 g/mol. The summed E-state index contributed by atoms with van der Waals surface area (Å²) in [4.78, 5) is 29.0. The van der Waals surface area contributed by atoms with Gasteiger partial charge in [0.2, 0.25) is 0 Å². The van der Waals surface area contributed by atoms with Crippen LogP contribution in [0.15, 0.2) is 27.5 Å². The van der Waals surface area contributed by atoms with Crippen molar-refractivity contribution in [1.29, 1.82) is 0 Å². The number of sulfonamides is 1. The highest BCUT2D eigenvalue weighted by Crippen LogP contribution is 2.35. The van der Waals surface area contributed by atoms with Crippen molar-refractivity contribution in [2.24, 2.45) is 10.3 Å². The number of ether oxygens (including phenoxy) is 1. The minimum absolute atomic E-state index is 0.0107. The largest absolute Gasteiger partial charge is 0.449 e. The summed E-state index contributed by atoms with van der Waals surface area (Å²) in [6, 6.07) is 4.52. The van der Waals surface area contributed by atoms with E-state index in [0.717, 1.165) is 32.1 Å². The molecule has 168 valence electrons. The van der Waals surface area contributed by atoms with Crippen LogP contribution in [0.2, 0.25) is 0 Å². The van der Waals surface area contributed by atoms with Crippen molar-refractivity contribution < 1.29 is 22.7 Å². The highest BCUT2D eigenvalue weighted by Gasteiger charge is 2.33. The first kappa shape index (κ1) is 21.8. The molecule has 3 heterocycles. The topological polar surface area (TPSA) is 96.3 Å². The molecule has 8 nitrogen and oxygen atoms in total. The number of anilines is 1. The van der Waals surface area contributed by atoms with Crippen molar-refractivity contribution in [3.8, 4) is 0 Å². The van der Waals surface area contributed by atoms with E-state index >= 15 is 0 Å². The summed E-state index contributed by atoms with van der Waals surface area (Å²) < 4.78 is 34.9. The van der Waals surface area contributed by atoms with Gasteiger partial charge in [-0.2, -0.15) is 8.42 Å². The Hall–Kier alpha value is -2.42. The van der Waals surface area contributed by atoms with E-state index in [0.29, 0.717) is 43.5 Å². The average molecular weight is 448 g/mol. The van der Waals surface area contributed by atoms with Crippen LogP contribution in [0.3, 0.4) is 0 Å². The lowest BCUT2D eigenvalue weighted by molar-refractivity contribution is -0.141. The molecule has 4 rings (SSSR count). The number of hydrogen-bond acceptors (Lipinski definition) is 6. The van der Waals surface area contributed by atoms with Crippen molar-refractivity contribution in [2.45, 2.75) is 63.4 Å². The number of piperidine rings is 1. The van der Waals surface area contributed by atoms with Crippen LogP contribution >= 0.6 is 0 Å². The number of likely N-dealkylation sites (tertiary alicyclic amines) is 1. The third-order valence-electron chi connectivity index (χ3n) is 6.31. The Balaban J connectivity index is 1.51. The van der Waals surface area contributed by atoms with Crippen LogP contribution in [0.4, 0.5) is 5.69 Å². The fraction of sp³-hybridized carbons (Fsp3) is 0.591. The predicted octanol–water partition coefficient (Wildman–Crippen LogP) is 2.97.